The smallest absolute Gasteiger partial charge is 0.320 e. The molecule has 0 aliphatic heterocycles. The Labute approximate surface area is 71.8 Å². The van der Waals surface area contributed by atoms with Crippen LogP contribution in [0.5, 0.6) is 0 Å². The highest BCUT2D eigenvalue weighted by molar-refractivity contribution is 5.73. The highest BCUT2D eigenvalue weighted by atomic mass is 16.4. The van der Waals surface area contributed by atoms with Gasteiger partial charge in [0.2, 0.25) is 0 Å². The third-order valence-corrected chi connectivity index (χ3v) is 1.37. The van der Waals surface area contributed by atoms with Crippen molar-refractivity contribution in [2.24, 2.45) is 10.7 Å². The molecule has 12 heavy (non-hydrogen) atoms. The first-order valence-electron chi connectivity index (χ1n) is 3.74. The van der Waals surface area contributed by atoms with Crippen LogP contribution in [0.1, 0.15) is 20.3 Å². The van der Waals surface area contributed by atoms with Crippen LogP contribution >= 0.6 is 0 Å². The summed E-state index contributed by atoms with van der Waals surface area (Å²) in [5.74, 6) is -0.999. The van der Waals surface area contributed by atoms with Gasteiger partial charge in [0.25, 0.3) is 0 Å². The summed E-state index contributed by atoms with van der Waals surface area (Å²) in [7, 11) is 0. The average molecular weight is 170 g/mol. The predicted octanol–water partition coefficient (Wildman–Crippen LogP) is 0.783. The number of aliphatic carboxylic acids is 1. The number of nitrogens with zero attached hydrogens (tertiary/aromatic N) is 1. The van der Waals surface area contributed by atoms with Gasteiger partial charge in [-0.1, -0.05) is 6.08 Å². The number of rotatable bonds is 4. The molecule has 0 heterocycles. The van der Waals surface area contributed by atoms with Gasteiger partial charge in [-0.05, 0) is 13.8 Å². The molecule has 0 rings (SSSR count). The maximum atomic E-state index is 10.4. The Balaban J connectivity index is 4.13. The monoisotopic (exact) mass is 170 g/mol. The van der Waals surface area contributed by atoms with E-state index in [-0.39, 0.29) is 6.42 Å². The number of carboxylic acid groups (broad SMARTS) is 1. The summed E-state index contributed by atoms with van der Waals surface area (Å²) in [4.78, 5) is 14.3. The minimum Gasteiger partial charge on any atom is -0.480 e. The first kappa shape index (κ1) is 10.8. The van der Waals surface area contributed by atoms with E-state index in [1.54, 1.807) is 26.1 Å². The van der Waals surface area contributed by atoms with Crippen molar-refractivity contribution in [3.63, 3.8) is 0 Å². The molecule has 0 saturated heterocycles. The lowest BCUT2D eigenvalue weighted by atomic mass is 10.2. The molecule has 0 aromatic carbocycles. The first-order valence-corrected chi connectivity index (χ1v) is 3.74. The summed E-state index contributed by atoms with van der Waals surface area (Å²) in [5, 5.41) is 8.49. The SMILES string of the molecule is C/C=N\C(=C/C)C[C@H](N)C(=O)O. The summed E-state index contributed by atoms with van der Waals surface area (Å²) in [6.45, 7) is 3.58. The molecule has 4 nitrogen and oxygen atoms in total. The second kappa shape index (κ2) is 5.49. The van der Waals surface area contributed by atoms with Gasteiger partial charge >= 0.3 is 5.97 Å². The van der Waals surface area contributed by atoms with Gasteiger partial charge in [-0.15, -0.1) is 0 Å². The summed E-state index contributed by atoms with van der Waals surface area (Å²) < 4.78 is 0. The fourth-order valence-corrected chi connectivity index (χ4v) is 0.724. The molecule has 0 radical (unpaired) electrons. The van der Waals surface area contributed by atoms with Gasteiger partial charge < -0.3 is 10.8 Å². The highest BCUT2D eigenvalue weighted by Gasteiger charge is 2.12. The van der Waals surface area contributed by atoms with Gasteiger partial charge in [0.05, 0.1) is 0 Å². The fourth-order valence-electron chi connectivity index (χ4n) is 0.724. The zero-order valence-corrected chi connectivity index (χ0v) is 7.32. The summed E-state index contributed by atoms with van der Waals surface area (Å²) in [6, 6.07) is -0.861. The van der Waals surface area contributed by atoms with E-state index in [1.165, 1.54) is 0 Å². The second-order valence-electron chi connectivity index (χ2n) is 2.32. The van der Waals surface area contributed by atoms with E-state index in [0.717, 1.165) is 0 Å². The standard InChI is InChI=1S/C8H14N2O2/c1-3-6(10-4-2)5-7(9)8(11)12/h3-4,7H,5,9H2,1-2H3,(H,11,12)/b6-3-,10-4-/t7-/m0/s1. The van der Waals surface area contributed by atoms with Gasteiger partial charge in [0, 0.05) is 18.3 Å². The molecule has 1 atom stereocenters. The van der Waals surface area contributed by atoms with E-state index < -0.39 is 12.0 Å². The highest BCUT2D eigenvalue weighted by Crippen LogP contribution is 2.04. The minimum atomic E-state index is -0.999. The van der Waals surface area contributed by atoms with Crippen LogP contribution in [0.2, 0.25) is 0 Å². The molecule has 0 amide bonds. The zero-order chi connectivity index (χ0) is 9.56. The third-order valence-electron chi connectivity index (χ3n) is 1.37. The van der Waals surface area contributed by atoms with Crippen molar-refractivity contribution in [1.82, 2.24) is 0 Å². The second-order valence-corrected chi connectivity index (χ2v) is 2.32. The molecule has 0 fully saturated rings. The van der Waals surface area contributed by atoms with Gasteiger partial charge in [0.15, 0.2) is 0 Å². The van der Waals surface area contributed by atoms with Crippen LogP contribution < -0.4 is 5.73 Å². The molecule has 0 saturated carbocycles. The molecule has 0 aromatic rings. The van der Waals surface area contributed by atoms with Crippen molar-refractivity contribution in [2.75, 3.05) is 0 Å². The van der Waals surface area contributed by atoms with Gasteiger partial charge in [-0.3, -0.25) is 9.79 Å². The summed E-state index contributed by atoms with van der Waals surface area (Å²) >= 11 is 0. The van der Waals surface area contributed by atoms with Crippen LogP contribution in [0.3, 0.4) is 0 Å². The van der Waals surface area contributed by atoms with Gasteiger partial charge in [-0.2, -0.15) is 0 Å². The topological polar surface area (TPSA) is 75.7 Å². The van der Waals surface area contributed by atoms with Crippen molar-refractivity contribution >= 4 is 12.2 Å². The molecule has 0 aliphatic carbocycles. The number of hydrogen-bond donors (Lipinski definition) is 2. The van der Waals surface area contributed by atoms with E-state index in [0.29, 0.717) is 5.70 Å². The predicted molar refractivity (Wildman–Crippen MR) is 48.2 cm³/mol. The van der Waals surface area contributed by atoms with Crippen LogP contribution in [0.25, 0.3) is 0 Å². The number of carboxylic acids is 1. The molecule has 68 valence electrons. The Morgan fingerprint density at radius 2 is 2.25 bits per heavy atom. The van der Waals surface area contributed by atoms with Crippen LogP contribution in [-0.2, 0) is 4.79 Å². The Kier molecular flexibility index (Phi) is 4.96. The summed E-state index contributed by atoms with van der Waals surface area (Å²) in [6.07, 6.45) is 3.64. The maximum absolute atomic E-state index is 10.4. The number of nitrogens with two attached hydrogens (primary N) is 1. The number of carbonyl (C=O) groups is 1. The molecule has 0 aromatic heterocycles. The largest absolute Gasteiger partial charge is 0.480 e. The zero-order valence-electron chi connectivity index (χ0n) is 7.32. The molecule has 3 N–H and O–H groups in total. The van der Waals surface area contributed by atoms with Crippen molar-refractivity contribution in [1.29, 1.82) is 0 Å². The Morgan fingerprint density at radius 1 is 1.67 bits per heavy atom. The molecule has 4 heteroatoms. The normalized spacial score (nSPS) is 15.1. The lowest BCUT2D eigenvalue weighted by Crippen LogP contribution is -2.30. The average Bonchev–Trinajstić information content (AvgIpc) is 2.03. The van der Waals surface area contributed by atoms with Crippen molar-refractivity contribution in [3.05, 3.63) is 11.8 Å². The van der Waals surface area contributed by atoms with Gasteiger partial charge in [0.1, 0.15) is 6.04 Å². The lowest BCUT2D eigenvalue weighted by Gasteiger charge is -2.05. The van der Waals surface area contributed by atoms with E-state index in [4.69, 9.17) is 10.8 Å². The van der Waals surface area contributed by atoms with Crippen LogP contribution in [-0.4, -0.2) is 23.3 Å². The molecular formula is C8H14N2O2. The molecule has 0 spiro atoms. The van der Waals surface area contributed by atoms with Gasteiger partial charge in [-0.25, -0.2) is 0 Å². The fraction of sp³-hybridized carbons (Fsp3) is 0.500. The van der Waals surface area contributed by atoms with E-state index >= 15 is 0 Å². The van der Waals surface area contributed by atoms with Crippen molar-refractivity contribution in [3.8, 4) is 0 Å². The number of hydrogen-bond acceptors (Lipinski definition) is 3. The van der Waals surface area contributed by atoms with Crippen LogP contribution in [0, 0.1) is 0 Å². The molecule has 0 bridgehead atoms. The molecular weight excluding hydrogens is 156 g/mol. The van der Waals surface area contributed by atoms with E-state index in [9.17, 15) is 4.79 Å². The van der Waals surface area contributed by atoms with Crippen LogP contribution in [0.4, 0.5) is 0 Å². The Morgan fingerprint density at radius 3 is 2.58 bits per heavy atom. The molecule has 0 aliphatic rings. The minimum absolute atomic E-state index is 0.274. The Hall–Kier alpha value is -1.16. The van der Waals surface area contributed by atoms with E-state index in [1.807, 2.05) is 0 Å². The quantitative estimate of drug-likeness (QED) is 0.612. The first-order chi connectivity index (χ1) is 5.61. The number of allylic oxidation sites excluding steroid dienone is 1. The Bertz CT molecular complexity index is 209. The summed E-state index contributed by atoms with van der Waals surface area (Å²) in [5.41, 5.74) is 6.01. The van der Waals surface area contributed by atoms with Crippen molar-refractivity contribution < 1.29 is 9.90 Å². The van der Waals surface area contributed by atoms with E-state index in [2.05, 4.69) is 4.99 Å². The number of aliphatic imine (C=N–C) groups is 1. The van der Waals surface area contributed by atoms with Crippen LogP contribution in [0.15, 0.2) is 16.8 Å². The maximum Gasteiger partial charge on any atom is 0.320 e. The lowest BCUT2D eigenvalue weighted by molar-refractivity contribution is -0.138. The van der Waals surface area contributed by atoms with Crippen molar-refractivity contribution in [2.45, 2.75) is 26.3 Å². The molecule has 0 unspecified atom stereocenters. The third kappa shape index (κ3) is 3.88.